The van der Waals surface area contributed by atoms with E-state index in [1.54, 1.807) is 31.2 Å². The molecule has 0 fully saturated rings. The molecule has 0 saturated heterocycles. The first-order chi connectivity index (χ1) is 15.4. The normalized spacial score (nSPS) is 12.1. The van der Waals surface area contributed by atoms with Crippen LogP contribution in [0.1, 0.15) is 18.6 Å². The molecule has 0 aromatic heterocycles. The summed E-state index contributed by atoms with van der Waals surface area (Å²) < 4.78 is 36.0. The lowest BCUT2D eigenvalue weighted by molar-refractivity contribution is -0.132. The molecule has 0 aliphatic rings. The number of terminal acetylenes is 2. The molecule has 2 atom stereocenters. The van der Waals surface area contributed by atoms with Gasteiger partial charge in [0.25, 0.3) is 5.91 Å². The molecule has 1 amide bonds. The molecule has 0 aliphatic heterocycles. The van der Waals surface area contributed by atoms with Crippen LogP contribution in [-0.4, -0.2) is 38.9 Å². The molecule has 0 saturated carbocycles. The Morgan fingerprint density at radius 1 is 1.12 bits per heavy atom. The summed E-state index contributed by atoms with van der Waals surface area (Å²) in [6.07, 6.45) is 8.90. The molecule has 2 unspecified atom stereocenters. The van der Waals surface area contributed by atoms with E-state index in [1.165, 1.54) is 13.2 Å². The summed E-state index contributed by atoms with van der Waals surface area (Å²) in [4.78, 5) is 12.7. The number of carbonyl (C=O) groups is 1. The van der Waals surface area contributed by atoms with E-state index in [9.17, 15) is 9.18 Å². The maximum absolute atomic E-state index is 14.4. The molecule has 32 heavy (non-hydrogen) atoms. The van der Waals surface area contributed by atoms with Gasteiger partial charge in [-0.1, -0.05) is 35.6 Å². The van der Waals surface area contributed by atoms with Crippen LogP contribution >= 0.6 is 11.6 Å². The molecule has 8 heteroatoms. The van der Waals surface area contributed by atoms with Gasteiger partial charge in [-0.25, -0.2) is 4.39 Å². The van der Waals surface area contributed by atoms with E-state index in [-0.39, 0.29) is 37.0 Å². The minimum absolute atomic E-state index is 0.0328. The predicted octanol–water partition coefficient (Wildman–Crippen LogP) is 3.77. The summed E-state index contributed by atoms with van der Waals surface area (Å²) in [5.41, 5.74) is 0.592. The van der Waals surface area contributed by atoms with Gasteiger partial charge in [-0.15, -0.1) is 12.8 Å². The van der Waals surface area contributed by atoms with Crippen LogP contribution in [0.2, 0.25) is 5.02 Å². The molecule has 0 bridgehead atoms. The standard InChI is InChI=1S/C24H23ClFNO5/c1-5-11-30-22-13-19(26)20(14-21(22)29-4)32-16(3)15-27-24(28)23(31-12-6-2)17-7-9-18(25)10-8-17/h1-2,7-10,13-14,16,23H,11-12,15H2,3-4H3,(H,27,28). The van der Waals surface area contributed by atoms with Crippen LogP contribution in [0, 0.1) is 30.5 Å². The number of hydrogen-bond donors (Lipinski definition) is 1. The highest BCUT2D eigenvalue weighted by Gasteiger charge is 2.22. The minimum Gasteiger partial charge on any atom is -0.493 e. The average Bonchev–Trinajstić information content (AvgIpc) is 2.79. The molecular weight excluding hydrogens is 437 g/mol. The van der Waals surface area contributed by atoms with Crippen molar-refractivity contribution in [1.82, 2.24) is 5.32 Å². The largest absolute Gasteiger partial charge is 0.493 e. The van der Waals surface area contributed by atoms with Crippen molar-refractivity contribution >= 4 is 17.5 Å². The predicted molar refractivity (Wildman–Crippen MR) is 119 cm³/mol. The Morgan fingerprint density at radius 3 is 2.44 bits per heavy atom. The molecule has 6 nitrogen and oxygen atoms in total. The Balaban J connectivity index is 2.03. The van der Waals surface area contributed by atoms with Crippen LogP contribution in [-0.2, 0) is 9.53 Å². The van der Waals surface area contributed by atoms with Crippen molar-refractivity contribution in [1.29, 1.82) is 0 Å². The van der Waals surface area contributed by atoms with Crippen LogP contribution in [0.5, 0.6) is 17.2 Å². The van der Waals surface area contributed by atoms with Gasteiger partial charge in [0.2, 0.25) is 0 Å². The minimum atomic E-state index is -0.931. The van der Waals surface area contributed by atoms with Gasteiger partial charge in [-0.3, -0.25) is 4.79 Å². The average molecular weight is 460 g/mol. The first-order valence-electron chi connectivity index (χ1n) is 9.58. The molecule has 0 radical (unpaired) electrons. The lowest BCUT2D eigenvalue weighted by atomic mass is 10.1. The zero-order valence-corrected chi connectivity index (χ0v) is 18.4. The molecule has 1 N–H and O–H groups in total. The van der Waals surface area contributed by atoms with Crippen molar-refractivity contribution < 1.29 is 28.1 Å². The van der Waals surface area contributed by atoms with Crippen LogP contribution in [0.3, 0.4) is 0 Å². The summed E-state index contributed by atoms with van der Waals surface area (Å²) >= 11 is 5.90. The van der Waals surface area contributed by atoms with E-state index >= 15 is 0 Å². The number of hydrogen-bond acceptors (Lipinski definition) is 5. The van der Waals surface area contributed by atoms with Gasteiger partial charge in [-0.05, 0) is 24.6 Å². The van der Waals surface area contributed by atoms with Gasteiger partial charge >= 0.3 is 0 Å². The number of methoxy groups -OCH3 is 1. The molecule has 2 aromatic carbocycles. The second kappa shape index (κ2) is 12.5. The lowest BCUT2D eigenvalue weighted by Crippen LogP contribution is -2.37. The fourth-order valence-electron chi connectivity index (χ4n) is 2.69. The molecule has 0 heterocycles. The number of benzene rings is 2. The highest BCUT2D eigenvalue weighted by atomic mass is 35.5. The third kappa shape index (κ3) is 7.09. The van der Waals surface area contributed by atoms with Crippen LogP contribution in [0.4, 0.5) is 4.39 Å². The SMILES string of the molecule is C#CCOc1cc(F)c(OC(C)CNC(=O)C(OCC#C)c2ccc(Cl)cc2)cc1OC. The summed E-state index contributed by atoms with van der Waals surface area (Å²) in [7, 11) is 1.41. The quantitative estimate of drug-likeness (QED) is 0.518. The second-order valence-corrected chi connectivity index (χ2v) is 6.98. The third-order valence-corrected chi connectivity index (χ3v) is 4.42. The van der Waals surface area contributed by atoms with Crippen molar-refractivity contribution in [2.75, 3.05) is 26.9 Å². The van der Waals surface area contributed by atoms with Crippen LogP contribution in [0.25, 0.3) is 0 Å². The fraction of sp³-hybridized carbons (Fsp3) is 0.292. The molecule has 0 aliphatic carbocycles. The van der Waals surface area contributed by atoms with Crippen molar-refractivity contribution in [3.8, 4) is 41.9 Å². The Labute approximate surface area is 192 Å². The van der Waals surface area contributed by atoms with Gasteiger partial charge in [0.05, 0.1) is 13.7 Å². The van der Waals surface area contributed by atoms with E-state index < -0.39 is 23.9 Å². The van der Waals surface area contributed by atoms with Crippen molar-refractivity contribution in [3.63, 3.8) is 0 Å². The highest BCUT2D eigenvalue weighted by Crippen LogP contribution is 2.34. The molecule has 2 aromatic rings. The van der Waals surface area contributed by atoms with Crippen molar-refractivity contribution in [3.05, 3.63) is 52.8 Å². The fourth-order valence-corrected chi connectivity index (χ4v) is 2.81. The molecule has 168 valence electrons. The van der Waals surface area contributed by atoms with E-state index in [2.05, 4.69) is 17.2 Å². The number of carbonyl (C=O) groups excluding carboxylic acids is 1. The van der Waals surface area contributed by atoms with E-state index in [0.717, 1.165) is 6.07 Å². The highest BCUT2D eigenvalue weighted by molar-refractivity contribution is 6.30. The number of amides is 1. The topological polar surface area (TPSA) is 66.0 Å². The van der Waals surface area contributed by atoms with E-state index in [0.29, 0.717) is 10.6 Å². The van der Waals surface area contributed by atoms with Gasteiger partial charge < -0.3 is 24.3 Å². The molecule has 2 rings (SSSR count). The Kier molecular flexibility index (Phi) is 9.69. The number of halogens is 2. The summed E-state index contributed by atoms with van der Waals surface area (Å²) in [6, 6.07) is 9.13. The Bertz CT molecular complexity index is 997. The Morgan fingerprint density at radius 2 is 1.81 bits per heavy atom. The lowest BCUT2D eigenvalue weighted by Gasteiger charge is -2.20. The van der Waals surface area contributed by atoms with Crippen LogP contribution < -0.4 is 19.5 Å². The van der Waals surface area contributed by atoms with E-state index in [4.69, 9.17) is 43.4 Å². The second-order valence-electron chi connectivity index (χ2n) is 6.55. The monoisotopic (exact) mass is 459 g/mol. The summed E-state index contributed by atoms with van der Waals surface area (Å²) in [6.45, 7) is 1.68. The number of nitrogens with one attached hydrogen (secondary N) is 1. The van der Waals surface area contributed by atoms with Crippen LogP contribution in [0.15, 0.2) is 36.4 Å². The maximum Gasteiger partial charge on any atom is 0.253 e. The van der Waals surface area contributed by atoms with E-state index in [1.807, 2.05) is 0 Å². The van der Waals surface area contributed by atoms with Gasteiger partial charge in [-0.2, -0.15) is 0 Å². The zero-order chi connectivity index (χ0) is 23.5. The number of ether oxygens (including phenoxy) is 4. The van der Waals surface area contributed by atoms with Gasteiger partial charge in [0.15, 0.2) is 29.2 Å². The van der Waals surface area contributed by atoms with Crippen molar-refractivity contribution in [2.45, 2.75) is 19.1 Å². The van der Waals surface area contributed by atoms with Gasteiger partial charge in [0, 0.05) is 17.2 Å². The smallest absolute Gasteiger partial charge is 0.253 e. The number of rotatable bonds is 11. The zero-order valence-electron chi connectivity index (χ0n) is 17.7. The maximum atomic E-state index is 14.4. The third-order valence-electron chi connectivity index (χ3n) is 4.17. The van der Waals surface area contributed by atoms with Gasteiger partial charge in [0.1, 0.15) is 19.3 Å². The summed E-state index contributed by atoms with van der Waals surface area (Å²) in [5.74, 6) is 3.92. The molecular formula is C24H23ClFNO5. The first-order valence-corrected chi connectivity index (χ1v) is 9.96. The van der Waals surface area contributed by atoms with Crippen molar-refractivity contribution in [2.24, 2.45) is 0 Å². The molecule has 0 spiro atoms. The first kappa shape index (κ1) is 24.9. The summed E-state index contributed by atoms with van der Waals surface area (Å²) in [5, 5.41) is 3.25. The Hall–Kier alpha value is -3.39.